The lowest BCUT2D eigenvalue weighted by Gasteiger charge is -2.13. The van der Waals surface area contributed by atoms with E-state index in [1.54, 1.807) is 0 Å². The van der Waals surface area contributed by atoms with Gasteiger partial charge in [-0.15, -0.1) is 6.58 Å². The quantitative estimate of drug-likeness (QED) is 0.707. The third kappa shape index (κ3) is 2.42. The minimum absolute atomic E-state index is 0.272. The second-order valence-electron chi connectivity index (χ2n) is 3.68. The van der Waals surface area contributed by atoms with Gasteiger partial charge in [-0.05, 0) is 23.3 Å². The van der Waals surface area contributed by atoms with Gasteiger partial charge in [-0.2, -0.15) is 0 Å². The molecule has 0 nitrogen and oxygen atoms in total. The molecule has 0 aliphatic carbocycles. The summed E-state index contributed by atoms with van der Waals surface area (Å²) in [7, 11) is 0. The summed E-state index contributed by atoms with van der Waals surface area (Å²) >= 11 is 3.45. The topological polar surface area (TPSA) is 0 Å². The SMILES string of the molecule is C=C[C@@H](c1ccccc1)c1ccc(Br)cc1. The highest BCUT2D eigenvalue weighted by molar-refractivity contribution is 9.10. The van der Waals surface area contributed by atoms with Crippen LogP contribution in [0.5, 0.6) is 0 Å². The molecule has 2 aromatic rings. The van der Waals surface area contributed by atoms with Crippen molar-refractivity contribution in [3.05, 3.63) is 82.9 Å². The number of hydrogen-bond acceptors (Lipinski definition) is 0. The van der Waals surface area contributed by atoms with Crippen LogP contribution in [0.15, 0.2) is 71.7 Å². The zero-order chi connectivity index (χ0) is 11.4. The monoisotopic (exact) mass is 272 g/mol. The predicted octanol–water partition coefficient (Wildman–Crippen LogP) is 4.77. The molecule has 2 aromatic carbocycles. The lowest BCUT2D eigenvalue weighted by Crippen LogP contribution is -1.96. The van der Waals surface area contributed by atoms with E-state index in [1.165, 1.54) is 11.1 Å². The van der Waals surface area contributed by atoms with E-state index in [0.717, 1.165) is 4.47 Å². The lowest BCUT2D eigenvalue weighted by atomic mass is 9.92. The summed E-state index contributed by atoms with van der Waals surface area (Å²) in [6.45, 7) is 3.92. The van der Waals surface area contributed by atoms with E-state index >= 15 is 0 Å². The van der Waals surface area contributed by atoms with Crippen LogP contribution in [-0.4, -0.2) is 0 Å². The first-order valence-corrected chi connectivity index (χ1v) is 6.03. The molecule has 0 fully saturated rings. The Labute approximate surface area is 105 Å². The van der Waals surface area contributed by atoms with Crippen LogP contribution in [-0.2, 0) is 0 Å². The molecule has 0 aromatic heterocycles. The molecule has 1 heteroatoms. The molecule has 0 heterocycles. The van der Waals surface area contributed by atoms with Gasteiger partial charge < -0.3 is 0 Å². The molecular formula is C15H13Br. The Morgan fingerprint density at radius 2 is 1.44 bits per heavy atom. The highest BCUT2D eigenvalue weighted by Crippen LogP contribution is 2.26. The van der Waals surface area contributed by atoms with Crippen LogP contribution < -0.4 is 0 Å². The molecule has 0 amide bonds. The van der Waals surface area contributed by atoms with Gasteiger partial charge in [0.15, 0.2) is 0 Å². The molecular weight excluding hydrogens is 260 g/mol. The Morgan fingerprint density at radius 3 is 2.00 bits per heavy atom. The summed E-state index contributed by atoms with van der Waals surface area (Å²) in [6.07, 6.45) is 1.98. The van der Waals surface area contributed by atoms with Crippen molar-refractivity contribution in [2.75, 3.05) is 0 Å². The van der Waals surface area contributed by atoms with Crippen molar-refractivity contribution < 1.29 is 0 Å². The minimum atomic E-state index is 0.272. The average Bonchev–Trinajstić information content (AvgIpc) is 2.34. The number of allylic oxidation sites excluding steroid dienone is 1. The van der Waals surface area contributed by atoms with E-state index in [-0.39, 0.29) is 5.92 Å². The van der Waals surface area contributed by atoms with Gasteiger partial charge in [0.05, 0.1) is 0 Å². The molecule has 0 N–H and O–H groups in total. The third-order valence-electron chi connectivity index (χ3n) is 2.62. The van der Waals surface area contributed by atoms with Crippen LogP contribution in [0.1, 0.15) is 17.0 Å². The second kappa shape index (κ2) is 5.13. The van der Waals surface area contributed by atoms with Gasteiger partial charge in [-0.3, -0.25) is 0 Å². The maximum Gasteiger partial charge on any atom is 0.0266 e. The lowest BCUT2D eigenvalue weighted by molar-refractivity contribution is 1.03. The Hall–Kier alpha value is -1.34. The molecule has 16 heavy (non-hydrogen) atoms. The summed E-state index contributed by atoms with van der Waals surface area (Å²) in [4.78, 5) is 0. The van der Waals surface area contributed by atoms with Gasteiger partial charge in [0, 0.05) is 10.4 Å². The number of hydrogen-bond donors (Lipinski definition) is 0. The molecule has 2 rings (SSSR count). The Kier molecular flexibility index (Phi) is 3.58. The fourth-order valence-corrected chi connectivity index (χ4v) is 2.06. The molecule has 0 bridgehead atoms. The summed E-state index contributed by atoms with van der Waals surface area (Å²) in [5.41, 5.74) is 2.55. The van der Waals surface area contributed by atoms with E-state index in [1.807, 2.05) is 12.1 Å². The first-order chi connectivity index (χ1) is 7.81. The van der Waals surface area contributed by atoms with Gasteiger partial charge in [0.25, 0.3) is 0 Å². The molecule has 0 saturated carbocycles. The normalized spacial score (nSPS) is 12.1. The molecule has 0 spiro atoms. The largest absolute Gasteiger partial charge is 0.102 e. The molecule has 0 radical (unpaired) electrons. The van der Waals surface area contributed by atoms with Crippen LogP contribution >= 0.6 is 15.9 Å². The van der Waals surface area contributed by atoms with E-state index in [4.69, 9.17) is 0 Å². The van der Waals surface area contributed by atoms with Crippen LogP contribution in [0.4, 0.5) is 0 Å². The molecule has 0 saturated heterocycles. The fraction of sp³-hybridized carbons (Fsp3) is 0.0667. The van der Waals surface area contributed by atoms with Crippen LogP contribution in [0, 0.1) is 0 Å². The molecule has 0 aliphatic heterocycles. The third-order valence-corrected chi connectivity index (χ3v) is 3.15. The van der Waals surface area contributed by atoms with Crippen molar-refractivity contribution in [2.45, 2.75) is 5.92 Å². The average molecular weight is 273 g/mol. The zero-order valence-electron chi connectivity index (χ0n) is 8.94. The zero-order valence-corrected chi connectivity index (χ0v) is 10.5. The summed E-state index contributed by atoms with van der Waals surface area (Å²) in [5.74, 6) is 0.272. The molecule has 1 atom stereocenters. The predicted molar refractivity (Wildman–Crippen MR) is 72.6 cm³/mol. The van der Waals surface area contributed by atoms with Crippen molar-refractivity contribution in [2.24, 2.45) is 0 Å². The van der Waals surface area contributed by atoms with E-state index in [0.29, 0.717) is 0 Å². The van der Waals surface area contributed by atoms with Crippen molar-refractivity contribution in [1.82, 2.24) is 0 Å². The van der Waals surface area contributed by atoms with Gasteiger partial charge in [0.2, 0.25) is 0 Å². The van der Waals surface area contributed by atoms with Crippen molar-refractivity contribution >= 4 is 15.9 Å². The molecule has 0 aliphatic rings. The number of rotatable bonds is 3. The highest BCUT2D eigenvalue weighted by Gasteiger charge is 2.08. The molecule has 80 valence electrons. The standard InChI is InChI=1S/C15H13Br/c1-2-15(12-6-4-3-5-7-12)13-8-10-14(16)11-9-13/h2-11,15H,1H2/t15-/m0/s1. The summed E-state index contributed by atoms with van der Waals surface area (Å²) in [5, 5.41) is 0. The fourth-order valence-electron chi connectivity index (χ4n) is 1.80. The van der Waals surface area contributed by atoms with Crippen LogP contribution in [0.25, 0.3) is 0 Å². The highest BCUT2D eigenvalue weighted by atomic mass is 79.9. The summed E-state index contributed by atoms with van der Waals surface area (Å²) in [6, 6.07) is 18.8. The maximum absolute atomic E-state index is 3.92. The van der Waals surface area contributed by atoms with Crippen molar-refractivity contribution in [1.29, 1.82) is 0 Å². The van der Waals surface area contributed by atoms with Gasteiger partial charge in [-0.25, -0.2) is 0 Å². The van der Waals surface area contributed by atoms with Crippen LogP contribution in [0.3, 0.4) is 0 Å². The Morgan fingerprint density at radius 1 is 0.875 bits per heavy atom. The van der Waals surface area contributed by atoms with Crippen molar-refractivity contribution in [3.63, 3.8) is 0 Å². The minimum Gasteiger partial charge on any atom is -0.102 e. The number of benzene rings is 2. The van der Waals surface area contributed by atoms with Crippen LogP contribution in [0.2, 0.25) is 0 Å². The maximum atomic E-state index is 3.92. The van der Waals surface area contributed by atoms with E-state index in [9.17, 15) is 0 Å². The van der Waals surface area contributed by atoms with Gasteiger partial charge >= 0.3 is 0 Å². The van der Waals surface area contributed by atoms with E-state index < -0.39 is 0 Å². The molecule has 0 unspecified atom stereocenters. The number of halogens is 1. The smallest absolute Gasteiger partial charge is 0.0266 e. The van der Waals surface area contributed by atoms with Gasteiger partial charge in [-0.1, -0.05) is 64.5 Å². The second-order valence-corrected chi connectivity index (χ2v) is 4.59. The Balaban J connectivity index is 2.37. The van der Waals surface area contributed by atoms with Gasteiger partial charge in [0.1, 0.15) is 0 Å². The van der Waals surface area contributed by atoms with E-state index in [2.05, 4.69) is 71.0 Å². The first-order valence-electron chi connectivity index (χ1n) is 5.24. The summed E-state index contributed by atoms with van der Waals surface area (Å²) < 4.78 is 1.10. The Bertz CT molecular complexity index is 457. The first kappa shape index (κ1) is 11.2. The van der Waals surface area contributed by atoms with Crippen molar-refractivity contribution in [3.8, 4) is 0 Å².